The van der Waals surface area contributed by atoms with Crippen LogP contribution in [-0.2, 0) is 4.79 Å². The minimum absolute atomic E-state index is 0.112. The monoisotopic (exact) mass is 367 g/mol. The Bertz CT molecular complexity index is 365. The van der Waals surface area contributed by atoms with Gasteiger partial charge in [-0.3, -0.25) is 10.5 Å². The molecule has 0 aromatic heterocycles. The van der Waals surface area contributed by atoms with E-state index in [-0.39, 0.29) is 23.9 Å². The third-order valence-corrected chi connectivity index (χ3v) is 5.43. The molecule has 154 valence electrons. The van der Waals surface area contributed by atoms with Gasteiger partial charge in [0.1, 0.15) is 6.72 Å². The van der Waals surface area contributed by atoms with Gasteiger partial charge in [0.15, 0.2) is 5.78 Å². The molecule has 2 atom stereocenters. The first-order valence-corrected chi connectivity index (χ1v) is 11.3. The Morgan fingerprint density at radius 2 is 1.23 bits per heavy atom. The Hall–Kier alpha value is -0.700. The normalized spacial score (nSPS) is 13.8. The first-order chi connectivity index (χ1) is 12.4. The lowest BCUT2D eigenvalue weighted by Gasteiger charge is -2.20. The summed E-state index contributed by atoms with van der Waals surface area (Å²) in [6, 6.07) is -0.160. The zero-order valence-corrected chi connectivity index (χ0v) is 18.3. The van der Waals surface area contributed by atoms with E-state index in [2.05, 4.69) is 27.5 Å². The highest BCUT2D eigenvalue weighted by Gasteiger charge is 2.31. The van der Waals surface area contributed by atoms with Crippen molar-refractivity contribution in [3.05, 3.63) is 0 Å². The predicted octanol–water partition coefficient (Wildman–Crippen LogP) is 6.08. The van der Waals surface area contributed by atoms with Gasteiger partial charge in [-0.1, -0.05) is 97.8 Å². The lowest BCUT2D eigenvalue weighted by molar-refractivity contribution is -0.587. The lowest BCUT2D eigenvalue weighted by atomic mass is 9.99. The molecule has 0 bridgehead atoms. The maximum absolute atomic E-state index is 11.8. The van der Waals surface area contributed by atoms with Gasteiger partial charge in [-0.2, -0.15) is 0 Å². The number of hydrogen-bond donors (Lipinski definition) is 1. The highest BCUT2D eigenvalue weighted by atomic mass is 16.1. The number of hydrogen-bond acceptors (Lipinski definition) is 2. The Balaban J connectivity index is 3.57. The van der Waals surface area contributed by atoms with E-state index in [1.807, 2.05) is 4.58 Å². The smallest absolute Gasteiger partial charge is 0.213 e. The van der Waals surface area contributed by atoms with Gasteiger partial charge in [0.25, 0.3) is 0 Å². The van der Waals surface area contributed by atoms with E-state index >= 15 is 0 Å². The number of carbonyl (C=O) groups is 1. The number of nitrogens with zero attached hydrogens (tertiary/aromatic N) is 1. The molecule has 0 aliphatic carbocycles. The molecule has 0 radical (unpaired) electrons. The van der Waals surface area contributed by atoms with Crippen molar-refractivity contribution in [1.29, 1.82) is 0 Å². The molecule has 0 amide bonds. The Labute approximate surface area is 163 Å². The second-order valence-corrected chi connectivity index (χ2v) is 8.41. The molecule has 0 rings (SSSR count). The summed E-state index contributed by atoms with van der Waals surface area (Å²) in [6.07, 6.45) is 18.5. The number of carbonyl (C=O) groups excluding carboxylic acids is 1. The number of ketones is 1. The van der Waals surface area contributed by atoms with Crippen LogP contribution in [0.4, 0.5) is 0 Å². The SMILES string of the molecule is C=[N+](C(N)CCCCCCCCCCCCCCC)C(C(C)=O)C(C)C. The first kappa shape index (κ1) is 25.3. The summed E-state index contributed by atoms with van der Waals surface area (Å²) in [6.45, 7) is 12.1. The van der Waals surface area contributed by atoms with Gasteiger partial charge < -0.3 is 0 Å². The molecule has 0 aromatic rings. The summed E-state index contributed by atoms with van der Waals surface area (Å²) in [5.41, 5.74) is 6.24. The van der Waals surface area contributed by atoms with Gasteiger partial charge in [0.05, 0.1) is 0 Å². The van der Waals surface area contributed by atoms with Crippen LogP contribution in [0, 0.1) is 5.92 Å². The van der Waals surface area contributed by atoms with Crippen LogP contribution >= 0.6 is 0 Å². The van der Waals surface area contributed by atoms with Crippen LogP contribution < -0.4 is 5.73 Å². The maximum Gasteiger partial charge on any atom is 0.213 e. The molecule has 0 aromatic carbocycles. The number of rotatable bonds is 18. The quantitative estimate of drug-likeness (QED) is 0.138. The van der Waals surface area contributed by atoms with Gasteiger partial charge >= 0.3 is 0 Å². The van der Waals surface area contributed by atoms with Crippen LogP contribution in [0.1, 0.15) is 118 Å². The minimum atomic E-state index is -0.160. The van der Waals surface area contributed by atoms with Crippen LogP contribution in [0.25, 0.3) is 0 Å². The summed E-state index contributed by atoms with van der Waals surface area (Å²) in [7, 11) is 0. The van der Waals surface area contributed by atoms with Crippen molar-refractivity contribution in [2.24, 2.45) is 11.7 Å². The molecule has 2 unspecified atom stereocenters. The molecule has 0 aliphatic heterocycles. The fourth-order valence-corrected chi connectivity index (χ4v) is 3.83. The zero-order chi connectivity index (χ0) is 19.8. The van der Waals surface area contributed by atoms with E-state index in [1.165, 1.54) is 77.0 Å². The number of unbranched alkanes of at least 4 members (excludes halogenated alkanes) is 12. The van der Waals surface area contributed by atoms with E-state index in [1.54, 1.807) is 6.92 Å². The van der Waals surface area contributed by atoms with E-state index in [4.69, 9.17) is 5.73 Å². The van der Waals surface area contributed by atoms with Crippen molar-refractivity contribution in [3.63, 3.8) is 0 Å². The topological polar surface area (TPSA) is 46.1 Å². The van der Waals surface area contributed by atoms with Crippen LogP contribution in [0.2, 0.25) is 0 Å². The molecule has 0 aliphatic rings. The van der Waals surface area contributed by atoms with Crippen molar-refractivity contribution >= 4 is 12.5 Å². The average molecular weight is 368 g/mol. The van der Waals surface area contributed by atoms with E-state index in [0.717, 1.165) is 12.8 Å². The molecule has 0 saturated heterocycles. The second kappa shape index (κ2) is 16.5. The Morgan fingerprint density at radius 1 is 0.846 bits per heavy atom. The van der Waals surface area contributed by atoms with Crippen molar-refractivity contribution in [2.45, 2.75) is 130 Å². The van der Waals surface area contributed by atoms with Crippen LogP contribution in [-0.4, -0.2) is 29.3 Å². The molecule has 0 heterocycles. The van der Waals surface area contributed by atoms with Crippen molar-refractivity contribution in [1.82, 2.24) is 0 Å². The zero-order valence-electron chi connectivity index (χ0n) is 18.3. The first-order valence-electron chi connectivity index (χ1n) is 11.3. The van der Waals surface area contributed by atoms with Gasteiger partial charge in [-0.05, 0) is 6.42 Å². The van der Waals surface area contributed by atoms with E-state index in [9.17, 15) is 4.79 Å². The fraction of sp³-hybridized carbons (Fsp3) is 0.913. The highest BCUT2D eigenvalue weighted by Crippen LogP contribution is 2.14. The maximum atomic E-state index is 11.8. The lowest BCUT2D eigenvalue weighted by Crippen LogP contribution is -2.46. The molecule has 3 nitrogen and oxygen atoms in total. The molecule has 3 heteroatoms. The van der Waals surface area contributed by atoms with Crippen LogP contribution in [0.15, 0.2) is 0 Å². The van der Waals surface area contributed by atoms with Gasteiger partial charge in [-0.25, -0.2) is 4.58 Å². The number of nitrogens with two attached hydrogens (primary N) is 1. The summed E-state index contributed by atoms with van der Waals surface area (Å²) in [4.78, 5) is 11.8. The van der Waals surface area contributed by atoms with Crippen molar-refractivity contribution in [3.8, 4) is 0 Å². The van der Waals surface area contributed by atoms with Crippen LogP contribution in [0.3, 0.4) is 0 Å². The van der Waals surface area contributed by atoms with Crippen molar-refractivity contribution < 1.29 is 9.37 Å². The standard InChI is InChI=1S/C23H47N2O/c1-6-7-8-9-10-11-12-13-14-15-16-17-18-19-22(24)25(5)23(20(2)3)21(4)26/h20,22-23H,5-19,24H2,1-4H3/q+1. The second-order valence-electron chi connectivity index (χ2n) is 8.41. The van der Waals surface area contributed by atoms with Gasteiger partial charge in [0, 0.05) is 19.3 Å². The third-order valence-electron chi connectivity index (χ3n) is 5.43. The summed E-state index contributed by atoms with van der Waals surface area (Å²) >= 11 is 0. The van der Waals surface area contributed by atoms with Gasteiger partial charge in [-0.15, -0.1) is 0 Å². The molecule has 0 fully saturated rings. The van der Waals surface area contributed by atoms with E-state index < -0.39 is 0 Å². The largest absolute Gasteiger partial charge is 0.293 e. The Kier molecular flexibility index (Phi) is 16.0. The minimum Gasteiger partial charge on any atom is -0.293 e. The molecule has 0 saturated carbocycles. The number of Topliss-reactive ketones (excluding diaryl/α,β-unsaturated/α-hetero) is 1. The van der Waals surface area contributed by atoms with Crippen LogP contribution in [0.5, 0.6) is 0 Å². The molecule has 26 heavy (non-hydrogen) atoms. The molecule has 0 spiro atoms. The summed E-state index contributed by atoms with van der Waals surface area (Å²) in [5.74, 6) is 0.415. The van der Waals surface area contributed by atoms with E-state index in [0.29, 0.717) is 0 Å². The molecular formula is C23H47N2O+. The fourth-order valence-electron chi connectivity index (χ4n) is 3.83. The molecular weight excluding hydrogens is 320 g/mol. The summed E-state index contributed by atoms with van der Waals surface area (Å²) < 4.78 is 1.83. The Morgan fingerprint density at radius 3 is 1.58 bits per heavy atom. The third kappa shape index (κ3) is 12.6. The average Bonchev–Trinajstić information content (AvgIpc) is 2.58. The van der Waals surface area contributed by atoms with Gasteiger partial charge in [0.2, 0.25) is 12.2 Å². The predicted molar refractivity (Wildman–Crippen MR) is 115 cm³/mol. The summed E-state index contributed by atoms with van der Waals surface area (Å²) in [5, 5.41) is 0. The molecule has 2 N–H and O–H groups in total. The highest BCUT2D eigenvalue weighted by molar-refractivity contribution is 5.80. The van der Waals surface area contributed by atoms with Crippen molar-refractivity contribution in [2.75, 3.05) is 0 Å².